The molecule has 0 saturated carbocycles. The molecule has 0 spiro atoms. The van der Waals surface area contributed by atoms with Gasteiger partial charge in [0.05, 0.1) is 19.8 Å². The number of hydrogen-bond acceptors (Lipinski definition) is 5. The van der Waals surface area contributed by atoms with Crippen molar-refractivity contribution in [1.82, 2.24) is 29.9 Å². The number of nitrogens with zero attached hydrogens (tertiary/aromatic N) is 2. The number of amides is 1. The van der Waals surface area contributed by atoms with Gasteiger partial charge in [0.1, 0.15) is 0 Å². The van der Waals surface area contributed by atoms with Crippen LogP contribution in [-0.2, 0) is 17.6 Å². The number of nitrogen functional groups attached to an aromatic ring is 1. The van der Waals surface area contributed by atoms with E-state index in [-0.39, 0.29) is 0 Å². The van der Waals surface area contributed by atoms with Gasteiger partial charge in [0.2, 0.25) is 0 Å². The molecule has 10 heteroatoms. The molecule has 6 aromatic rings. The Bertz CT molecular complexity index is 1580. The van der Waals surface area contributed by atoms with Gasteiger partial charge >= 0.3 is 6.09 Å². The number of aromatic nitrogens is 6. The first-order chi connectivity index (χ1) is 17.6. The Morgan fingerprint density at radius 3 is 2.00 bits per heavy atom. The molecule has 0 atom stereocenters. The number of methoxy groups -OCH3 is 1. The van der Waals surface area contributed by atoms with Gasteiger partial charge in [-0.3, -0.25) is 5.32 Å². The van der Waals surface area contributed by atoms with E-state index < -0.39 is 6.09 Å². The molecule has 0 unspecified atom stereocenters. The van der Waals surface area contributed by atoms with E-state index >= 15 is 0 Å². The van der Waals surface area contributed by atoms with Crippen molar-refractivity contribution in [3.05, 3.63) is 96.4 Å². The predicted octanol–water partition coefficient (Wildman–Crippen LogP) is 4.72. The van der Waals surface area contributed by atoms with Crippen molar-refractivity contribution >= 4 is 39.3 Å². The highest BCUT2D eigenvalue weighted by Crippen LogP contribution is 2.24. The standard InChI is InChI=1S/C14H14N4O2.C12H12N4/c1-20-14(19)18-10-2-3-13-12(5-10)9(6-16-13)4-11-7-15-8-17-11;13-9-1-2-12-11(4-9)8(5-15-12)3-10-6-14-7-16-10/h2-3,5-8,16H,4H2,1H3,(H,15,17)(H,18,19);1-2,4-7,15H,3,13H2,(H,14,16). The molecule has 0 aliphatic carbocycles. The van der Waals surface area contributed by atoms with Crippen LogP contribution >= 0.6 is 0 Å². The third-order valence-electron chi connectivity index (χ3n) is 5.86. The number of ether oxygens (including phenoxy) is 1. The Labute approximate surface area is 206 Å². The van der Waals surface area contributed by atoms with Crippen molar-refractivity contribution in [3.63, 3.8) is 0 Å². The summed E-state index contributed by atoms with van der Waals surface area (Å²) < 4.78 is 4.59. The van der Waals surface area contributed by atoms with Crippen molar-refractivity contribution in [1.29, 1.82) is 0 Å². The van der Waals surface area contributed by atoms with E-state index in [9.17, 15) is 4.79 Å². The number of nitrogens with two attached hydrogens (primary N) is 1. The lowest BCUT2D eigenvalue weighted by Gasteiger charge is -2.04. The second-order valence-corrected chi connectivity index (χ2v) is 8.32. The smallest absolute Gasteiger partial charge is 0.411 e. The zero-order valence-electron chi connectivity index (χ0n) is 19.6. The van der Waals surface area contributed by atoms with Gasteiger partial charge in [-0.05, 0) is 47.5 Å². The molecule has 0 saturated heterocycles. The van der Waals surface area contributed by atoms with Gasteiger partial charge < -0.3 is 30.4 Å². The van der Waals surface area contributed by atoms with Gasteiger partial charge in [0.15, 0.2) is 0 Å². The van der Waals surface area contributed by atoms with E-state index in [2.05, 4.69) is 40.0 Å². The van der Waals surface area contributed by atoms with Crippen LogP contribution in [-0.4, -0.2) is 43.1 Å². The second-order valence-electron chi connectivity index (χ2n) is 8.32. The van der Waals surface area contributed by atoms with Crippen LogP contribution in [0.3, 0.4) is 0 Å². The average molecular weight is 483 g/mol. The first-order valence-corrected chi connectivity index (χ1v) is 11.3. The van der Waals surface area contributed by atoms with Crippen LogP contribution in [0.1, 0.15) is 22.5 Å². The van der Waals surface area contributed by atoms with Crippen LogP contribution in [0.2, 0.25) is 0 Å². The van der Waals surface area contributed by atoms with Crippen LogP contribution < -0.4 is 11.1 Å². The number of hydrogen-bond donors (Lipinski definition) is 6. The third kappa shape index (κ3) is 5.07. The number of imidazole rings is 2. The Morgan fingerprint density at radius 2 is 1.44 bits per heavy atom. The molecule has 6 rings (SSSR count). The van der Waals surface area contributed by atoms with Crippen molar-refractivity contribution in [2.75, 3.05) is 18.2 Å². The molecule has 0 aliphatic rings. The fourth-order valence-corrected chi connectivity index (χ4v) is 4.09. The molecule has 1 amide bonds. The molecule has 4 aromatic heterocycles. The number of aromatic amines is 4. The van der Waals surface area contributed by atoms with Gasteiger partial charge in [-0.1, -0.05) is 0 Å². The first-order valence-electron chi connectivity index (χ1n) is 11.3. The van der Waals surface area contributed by atoms with Crippen molar-refractivity contribution in [2.45, 2.75) is 12.8 Å². The second kappa shape index (κ2) is 10.1. The number of benzene rings is 2. The molecular formula is C26H26N8O2. The Morgan fingerprint density at radius 1 is 0.861 bits per heavy atom. The summed E-state index contributed by atoms with van der Waals surface area (Å²) in [5.41, 5.74) is 13.9. The lowest BCUT2D eigenvalue weighted by molar-refractivity contribution is 0.187. The highest BCUT2D eigenvalue weighted by Gasteiger charge is 2.08. The largest absolute Gasteiger partial charge is 0.453 e. The molecule has 0 fully saturated rings. The molecule has 182 valence electrons. The predicted molar refractivity (Wildman–Crippen MR) is 140 cm³/mol. The van der Waals surface area contributed by atoms with E-state index in [0.29, 0.717) is 5.69 Å². The Hall–Kier alpha value is -4.99. The normalized spacial score (nSPS) is 10.8. The minimum absolute atomic E-state index is 0.477. The molecule has 10 nitrogen and oxygen atoms in total. The quantitative estimate of drug-likeness (QED) is 0.196. The topological polar surface area (TPSA) is 153 Å². The molecule has 0 radical (unpaired) electrons. The summed E-state index contributed by atoms with van der Waals surface area (Å²) >= 11 is 0. The summed E-state index contributed by atoms with van der Waals surface area (Å²) in [4.78, 5) is 31.9. The van der Waals surface area contributed by atoms with Crippen LogP contribution in [0.5, 0.6) is 0 Å². The lowest BCUT2D eigenvalue weighted by Crippen LogP contribution is -2.10. The minimum Gasteiger partial charge on any atom is -0.453 e. The molecule has 36 heavy (non-hydrogen) atoms. The highest BCUT2D eigenvalue weighted by molar-refractivity contribution is 5.91. The number of nitrogens with one attached hydrogen (secondary N) is 5. The molecule has 4 heterocycles. The van der Waals surface area contributed by atoms with Crippen LogP contribution in [0, 0.1) is 0 Å². The van der Waals surface area contributed by atoms with Gasteiger partial charge in [-0.15, -0.1) is 0 Å². The number of carbonyl (C=O) groups excluding carboxylic acids is 1. The lowest BCUT2D eigenvalue weighted by atomic mass is 10.1. The first kappa shape index (κ1) is 22.8. The number of carbonyl (C=O) groups is 1. The summed E-state index contributed by atoms with van der Waals surface area (Å²) in [5.74, 6) is 0. The molecule has 0 aliphatic heterocycles. The fourth-order valence-electron chi connectivity index (χ4n) is 4.09. The Kier molecular flexibility index (Phi) is 6.39. The maximum atomic E-state index is 11.2. The third-order valence-corrected chi connectivity index (χ3v) is 5.86. The number of anilines is 2. The maximum absolute atomic E-state index is 11.2. The van der Waals surface area contributed by atoms with Gasteiger partial charge in [-0.2, -0.15) is 0 Å². The van der Waals surface area contributed by atoms with Crippen LogP contribution in [0.15, 0.2) is 73.8 Å². The van der Waals surface area contributed by atoms with Crippen molar-refractivity contribution < 1.29 is 9.53 Å². The summed E-state index contributed by atoms with van der Waals surface area (Å²) in [5, 5.41) is 4.90. The van der Waals surface area contributed by atoms with Crippen molar-refractivity contribution in [3.8, 4) is 0 Å². The van der Waals surface area contributed by atoms with E-state index in [4.69, 9.17) is 5.73 Å². The fraction of sp³-hybridized carbons (Fsp3) is 0.115. The van der Waals surface area contributed by atoms with Gasteiger partial charge in [0, 0.05) is 82.2 Å². The van der Waals surface area contributed by atoms with E-state index in [0.717, 1.165) is 51.9 Å². The van der Waals surface area contributed by atoms with Gasteiger partial charge in [0.25, 0.3) is 0 Å². The van der Waals surface area contributed by atoms with Gasteiger partial charge in [-0.25, -0.2) is 14.8 Å². The minimum atomic E-state index is -0.477. The Balaban J connectivity index is 0.000000152. The SMILES string of the molecule is COC(=O)Nc1ccc2[nH]cc(Cc3cnc[nH]3)c2c1.Nc1ccc2[nH]cc(Cc3cnc[nH]3)c2c1. The van der Waals surface area contributed by atoms with Crippen molar-refractivity contribution in [2.24, 2.45) is 0 Å². The maximum Gasteiger partial charge on any atom is 0.411 e. The number of H-pyrrole nitrogens is 4. The summed E-state index contributed by atoms with van der Waals surface area (Å²) in [7, 11) is 1.34. The number of fused-ring (bicyclic) bond motifs is 2. The molecule has 2 aromatic carbocycles. The monoisotopic (exact) mass is 482 g/mol. The molecular weight excluding hydrogens is 456 g/mol. The summed E-state index contributed by atoms with van der Waals surface area (Å²) in [6, 6.07) is 11.6. The molecule has 7 N–H and O–H groups in total. The van der Waals surface area contributed by atoms with E-state index in [1.165, 1.54) is 18.1 Å². The van der Waals surface area contributed by atoms with Crippen LogP contribution in [0.25, 0.3) is 21.8 Å². The summed E-state index contributed by atoms with van der Waals surface area (Å²) in [6.07, 6.45) is 12.1. The molecule has 0 bridgehead atoms. The average Bonchev–Trinajstić information content (AvgIpc) is 3.70. The van der Waals surface area contributed by atoms with Crippen LogP contribution in [0.4, 0.5) is 16.2 Å². The zero-order valence-corrected chi connectivity index (χ0v) is 19.6. The van der Waals surface area contributed by atoms with E-state index in [1.807, 2.05) is 55.0 Å². The van der Waals surface area contributed by atoms with E-state index in [1.54, 1.807) is 18.9 Å². The number of rotatable bonds is 5. The zero-order chi connectivity index (χ0) is 24.9. The summed E-state index contributed by atoms with van der Waals surface area (Å²) in [6.45, 7) is 0. The highest BCUT2D eigenvalue weighted by atomic mass is 16.5.